The zero-order valence-electron chi connectivity index (χ0n) is 13.7. The minimum absolute atomic E-state index is 0.0402. The highest BCUT2D eigenvalue weighted by atomic mass is 32.2. The predicted molar refractivity (Wildman–Crippen MR) is 91.7 cm³/mol. The van der Waals surface area contributed by atoms with Crippen LogP contribution in [0.2, 0.25) is 0 Å². The summed E-state index contributed by atoms with van der Waals surface area (Å²) < 4.78 is 5.35. The molecule has 0 spiro atoms. The predicted octanol–water partition coefficient (Wildman–Crippen LogP) is 0.0644. The summed E-state index contributed by atoms with van der Waals surface area (Å²) in [5.41, 5.74) is 0. The van der Waals surface area contributed by atoms with E-state index in [1.165, 1.54) is 0 Å². The summed E-state index contributed by atoms with van der Waals surface area (Å²) in [6, 6.07) is 0.501. The Hall–Kier alpha value is -0.990. The lowest BCUT2D eigenvalue weighted by Crippen LogP contribution is -2.36. The first-order valence-electron chi connectivity index (χ1n) is 8.38. The second kappa shape index (κ2) is 10.00. The molecule has 3 unspecified atom stereocenters. The molecule has 4 N–H and O–H groups in total. The fraction of sp³-hybridized carbons (Fsp3) is 0.867. The summed E-state index contributed by atoms with van der Waals surface area (Å²) in [6.45, 7) is 2.62. The van der Waals surface area contributed by atoms with Crippen LogP contribution >= 0.6 is 11.8 Å². The van der Waals surface area contributed by atoms with Crippen LogP contribution in [0.3, 0.4) is 0 Å². The molecule has 7 nitrogen and oxygen atoms in total. The van der Waals surface area contributed by atoms with Gasteiger partial charge in [-0.05, 0) is 19.9 Å². The van der Waals surface area contributed by atoms with Gasteiger partial charge >= 0.3 is 6.03 Å². The third-order valence-corrected chi connectivity index (χ3v) is 5.65. The molecule has 3 amide bonds. The molecule has 0 aliphatic carbocycles. The molecule has 132 valence electrons. The molecule has 2 aliphatic rings. The zero-order valence-corrected chi connectivity index (χ0v) is 14.5. The van der Waals surface area contributed by atoms with Gasteiger partial charge in [-0.15, -0.1) is 0 Å². The second-order valence-corrected chi connectivity index (χ2v) is 7.21. The number of likely N-dealkylation sites (N-methyl/N-ethyl adjacent to an activating group) is 1. The quantitative estimate of drug-likeness (QED) is 0.314. The van der Waals surface area contributed by atoms with Gasteiger partial charge in [-0.1, -0.05) is 6.42 Å². The number of thioether (sulfide) groups is 1. The van der Waals surface area contributed by atoms with Crippen LogP contribution in [0.25, 0.3) is 0 Å². The lowest BCUT2D eigenvalue weighted by molar-refractivity contribution is -0.121. The Morgan fingerprint density at radius 3 is 2.96 bits per heavy atom. The summed E-state index contributed by atoms with van der Waals surface area (Å²) >= 11 is 1.92. The fourth-order valence-corrected chi connectivity index (χ4v) is 4.44. The molecule has 0 radical (unpaired) electrons. The van der Waals surface area contributed by atoms with Crippen molar-refractivity contribution in [2.45, 2.75) is 43.0 Å². The van der Waals surface area contributed by atoms with Gasteiger partial charge in [0.15, 0.2) is 0 Å². The van der Waals surface area contributed by atoms with Crippen molar-refractivity contribution in [3.05, 3.63) is 0 Å². The van der Waals surface area contributed by atoms with E-state index in [0.29, 0.717) is 31.4 Å². The molecule has 3 atom stereocenters. The van der Waals surface area contributed by atoms with E-state index >= 15 is 0 Å². The molecular formula is C15H28N4O3S. The first-order chi connectivity index (χ1) is 11.2. The molecule has 8 heteroatoms. The van der Waals surface area contributed by atoms with Crippen molar-refractivity contribution in [1.82, 2.24) is 21.3 Å². The second-order valence-electron chi connectivity index (χ2n) is 5.93. The number of fused-ring (bicyclic) bond motifs is 1. The summed E-state index contributed by atoms with van der Waals surface area (Å²) in [5.74, 6) is 1.08. The number of hydrogen-bond donors (Lipinski definition) is 4. The van der Waals surface area contributed by atoms with Gasteiger partial charge in [-0.2, -0.15) is 11.8 Å². The van der Waals surface area contributed by atoms with Crippen molar-refractivity contribution < 1.29 is 14.3 Å². The molecule has 0 bridgehead atoms. The van der Waals surface area contributed by atoms with Crippen molar-refractivity contribution in [2.75, 3.05) is 39.1 Å². The van der Waals surface area contributed by atoms with E-state index in [0.717, 1.165) is 31.6 Å². The van der Waals surface area contributed by atoms with Crippen LogP contribution in [0.1, 0.15) is 25.7 Å². The van der Waals surface area contributed by atoms with Crippen molar-refractivity contribution in [3.8, 4) is 0 Å². The average Bonchev–Trinajstić information content (AvgIpc) is 3.07. The number of rotatable bonds is 11. The summed E-state index contributed by atoms with van der Waals surface area (Å²) in [5, 5.41) is 12.3. The monoisotopic (exact) mass is 344 g/mol. The van der Waals surface area contributed by atoms with Crippen LogP contribution in [0.4, 0.5) is 4.79 Å². The summed E-state index contributed by atoms with van der Waals surface area (Å²) in [6.07, 6.45) is 3.52. The van der Waals surface area contributed by atoms with Gasteiger partial charge in [-0.25, -0.2) is 4.79 Å². The molecule has 2 aliphatic heterocycles. The maximum atomic E-state index is 11.7. The number of unbranched alkanes of at least 4 members (excludes halogenated alkanes) is 1. The Morgan fingerprint density at radius 2 is 2.13 bits per heavy atom. The smallest absolute Gasteiger partial charge is 0.315 e. The minimum atomic E-state index is -0.0402. The summed E-state index contributed by atoms with van der Waals surface area (Å²) in [4.78, 5) is 23.0. The number of nitrogens with one attached hydrogen (secondary N) is 4. The topological polar surface area (TPSA) is 91.5 Å². The van der Waals surface area contributed by atoms with Crippen molar-refractivity contribution >= 4 is 23.7 Å². The van der Waals surface area contributed by atoms with Crippen molar-refractivity contribution in [2.24, 2.45) is 0 Å². The largest absolute Gasteiger partial charge is 0.378 e. The van der Waals surface area contributed by atoms with E-state index in [1.54, 1.807) is 0 Å². The maximum Gasteiger partial charge on any atom is 0.315 e. The lowest BCUT2D eigenvalue weighted by Gasteiger charge is -2.16. The van der Waals surface area contributed by atoms with Crippen LogP contribution in [-0.2, 0) is 9.53 Å². The van der Waals surface area contributed by atoms with E-state index in [9.17, 15) is 9.59 Å². The number of hydrogen-bond acceptors (Lipinski definition) is 5. The van der Waals surface area contributed by atoms with Gasteiger partial charge < -0.3 is 26.0 Å². The zero-order chi connectivity index (χ0) is 16.5. The molecule has 2 rings (SSSR count). The highest BCUT2D eigenvalue weighted by Crippen LogP contribution is 2.33. The van der Waals surface area contributed by atoms with Crippen molar-refractivity contribution in [3.63, 3.8) is 0 Å². The molecular weight excluding hydrogens is 316 g/mol. The fourth-order valence-electron chi connectivity index (χ4n) is 2.90. The lowest BCUT2D eigenvalue weighted by atomic mass is 10.0. The van der Waals surface area contributed by atoms with E-state index in [-0.39, 0.29) is 24.0 Å². The van der Waals surface area contributed by atoms with Crippen LogP contribution < -0.4 is 21.3 Å². The van der Waals surface area contributed by atoms with Crippen LogP contribution in [0, 0.1) is 0 Å². The molecule has 0 aromatic carbocycles. The normalized spacial score (nSPS) is 25.8. The highest BCUT2D eigenvalue weighted by molar-refractivity contribution is 8.00. The Labute approximate surface area is 142 Å². The average molecular weight is 344 g/mol. The third kappa shape index (κ3) is 6.19. The Kier molecular flexibility index (Phi) is 7.98. The van der Waals surface area contributed by atoms with Gasteiger partial charge in [-0.3, -0.25) is 4.79 Å². The molecule has 2 fully saturated rings. The van der Waals surface area contributed by atoms with Crippen LogP contribution in [0.5, 0.6) is 0 Å². The maximum absolute atomic E-state index is 11.7. The molecule has 0 saturated carbocycles. The van der Waals surface area contributed by atoms with E-state index < -0.39 is 0 Å². The minimum Gasteiger partial charge on any atom is -0.378 e. The number of ether oxygens (including phenoxy) is 1. The first kappa shape index (κ1) is 18.4. The molecule has 0 aromatic rings. The summed E-state index contributed by atoms with van der Waals surface area (Å²) in [7, 11) is 1.88. The molecule has 2 saturated heterocycles. The highest BCUT2D eigenvalue weighted by Gasteiger charge is 2.42. The van der Waals surface area contributed by atoms with Gasteiger partial charge in [0, 0.05) is 30.5 Å². The first-order valence-corrected chi connectivity index (χ1v) is 9.43. The van der Waals surface area contributed by atoms with Gasteiger partial charge in [0.25, 0.3) is 0 Å². The third-order valence-electron chi connectivity index (χ3n) is 4.15. The van der Waals surface area contributed by atoms with Crippen molar-refractivity contribution in [1.29, 1.82) is 0 Å². The SMILES string of the molecule is CNCCOCCNC(=O)CCCCC1SCC2NC(=O)NC21. The van der Waals surface area contributed by atoms with E-state index in [1.807, 2.05) is 18.8 Å². The molecule has 0 aromatic heterocycles. The number of carbonyl (C=O) groups excluding carboxylic acids is 2. The number of carbonyl (C=O) groups is 2. The standard InChI is InChI=1S/C15H28N4O3S/c1-16-6-8-22-9-7-17-13(20)5-3-2-4-12-14-11(10-23-12)18-15(21)19-14/h11-12,14,16H,2-10H2,1H3,(H,17,20)(H2,18,19,21). The number of amides is 3. The molecule has 2 heterocycles. The van der Waals surface area contributed by atoms with Gasteiger partial charge in [0.2, 0.25) is 5.91 Å². The van der Waals surface area contributed by atoms with Gasteiger partial charge in [0.1, 0.15) is 0 Å². The Bertz CT molecular complexity index is 397. The van der Waals surface area contributed by atoms with Crippen LogP contribution in [-0.4, -0.2) is 68.4 Å². The Balaban J connectivity index is 1.46. The molecule has 23 heavy (non-hydrogen) atoms. The number of urea groups is 1. The van der Waals surface area contributed by atoms with Gasteiger partial charge in [0.05, 0.1) is 25.3 Å². The van der Waals surface area contributed by atoms with E-state index in [2.05, 4.69) is 21.3 Å². The van der Waals surface area contributed by atoms with Crippen LogP contribution in [0.15, 0.2) is 0 Å². The Morgan fingerprint density at radius 1 is 1.30 bits per heavy atom. The van der Waals surface area contributed by atoms with E-state index in [4.69, 9.17) is 4.74 Å².